The molecule has 0 radical (unpaired) electrons. The van der Waals surface area contributed by atoms with E-state index in [0.29, 0.717) is 18.6 Å². The van der Waals surface area contributed by atoms with E-state index < -0.39 is 12.6 Å². The summed E-state index contributed by atoms with van der Waals surface area (Å²) in [5.74, 6) is 0. The highest BCUT2D eigenvalue weighted by molar-refractivity contribution is 4.78. The summed E-state index contributed by atoms with van der Waals surface area (Å²) in [6.45, 7) is 0.458. The number of nitrogens with two attached hydrogens (primary N) is 1. The van der Waals surface area contributed by atoms with Gasteiger partial charge in [0.05, 0.1) is 0 Å². The third-order valence-corrected chi connectivity index (χ3v) is 2.84. The Bertz CT molecular complexity index is 174. The predicted octanol–water partition coefficient (Wildman–Crippen LogP) is 2.19. The summed E-state index contributed by atoms with van der Waals surface area (Å²) in [7, 11) is 0. The Labute approximate surface area is 88.4 Å². The van der Waals surface area contributed by atoms with Gasteiger partial charge in [-0.15, -0.1) is 0 Å². The van der Waals surface area contributed by atoms with E-state index in [2.05, 4.69) is 5.32 Å². The lowest BCUT2D eigenvalue weighted by Crippen LogP contribution is -2.37. The zero-order valence-electron chi connectivity index (χ0n) is 8.82. The fourth-order valence-electron chi connectivity index (χ4n) is 1.92. The van der Waals surface area contributed by atoms with Crippen molar-refractivity contribution in [1.82, 2.24) is 5.32 Å². The van der Waals surface area contributed by atoms with Crippen LogP contribution in [0.1, 0.15) is 38.5 Å². The molecule has 0 aromatic rings. The molecular weight excluding hydrogens is 205 g/mol. The van der Waals surface area contributed by atoms with Crippen LogP contribution < -0.4 is 11.1 Å². The summed E-state index contributed by atoms with van der Waals surface area (Å²) < 4.78 is 35.5. The van der Waals surface area contributed by atoms with Crippen molar-refractivity contribution in [2.45, 2.75) is 56.8 Å². The predicted molar refractivity (Wildman–Crippen MR) is 53.5 cm³/mol. The standard InChI is InChI=1S/C10H19F3N2/c11-10(12,13)6-1-7-15-9-4-2-8(14)3-5-9/h8-9,15H,1-7,14H2. The summed E-state index contributed by atoms with van der Waals surface area (Å²) >= 11 is 0. The van der Waals surface area contributed by atoms with Crippen LogP contribution in [0, 0.1) is 0 Å². The Hall–Kier alpha value is -0.290. The summed E-state index contributed by atoms with van der Waals surface area (Å²) in [5.41, 5.74) is 5.73. The number of hydrogen-bond donors (Lipinski definition) is 2. The van der Waals surface area contributed by atoms with E-state index >= 15 is 0 Å². The molecular formula is C10H19F3N2. The molecule has 1 rings (SSSR count). The molecule has 3 N–H and O–H groups in total. The highest BCUT2D eigenvalue weighted by atomic mass is 19.4. The van der Waals surface area contributed by atoms with Crippen LogP contribution in [0.2, 0.25) is 0 Å². The first-order chi connectivity index (χ1) is 6.97. The molecule has 2 nitrogen and oxygen atoms in total. The Kier molecular flexibility index (Phi) is 4.86. The molecule has 0 aliphatic heterocycles. The summed E-state index contributed by atoms with van der Waals surface area (Å²) in [4.78, 5) is 0. The Morgan fingerprint density at radius 2 is 1.73 bits per heavy atom. The summed E-state index contributed by atoms with van der Waals surface area (Å²) in [6, 6.07) is 0.663. The van der Waals surface area contributed by atoms with Crippen LogP contribution in [0.4, 0.5) is 13.2 Å². The molecule has 1 aliphatic carbocycles. The first-order valence-electron chi connectivity index (χ1n) is 5.53. The van der Waals surface area contributed by atoms with Gasteiger partial charge in [-0.3, -0.25) is 0 Å². The molecule has 0 saturated heterocycles. The van der Waals surface area contributed by atoms with Crippen LogP contribution in [0.25, 0.3) is 0 Å². The molecule has 0 bridgehead atoms. The first-order valence-corrected chi connectivity index (χ1v) is 5.53. The zero-order chi connectivity index (χ0) is 11.3. The van der Waals surface area contributed by atoms with Crippen LogP contribution in [-0.4, -0.2) is 24.8 Å². The molecule has 0 heterocycles. The van der Waals surface area contributed by atoms with Crippen molar-refractivity contribution >= 4 is 0 Å². The monoisotopic (exact) mass is 224 g/mol. The van der Waals surface area contributed by atoms with Gasteiger partial charge in [0.2, 0.25) is 0 Å². The lowest BCUT2D eigenvalue weighted by molar-refractivity contribution is -0.135. The molecule has 15 heavy (non-hydrogen) atoms. The molecule has 1 saturated carbocycles. The zero-order valence-corrected chi connectivity index (χ0v) is 8.82. The molecule has 5 heteroatoms. The van der Waals surface area contributed by atoms with Crippen LogP contribution in [0.3, 0.4) is 0 Å². The second-order valence-corrected chi connectivity index (χ2v) is 4.28. The topological polar surface area (TPSA) is 38.0 Å². The van der Waals surface area contributed by atoms with E-state index in [0.717, 1.165) is 25.7 Å². The molecule has 0 spiro atoms. The van der Waals surface area contributed by atoms with Crippen molar-refractivity contribution in [1.29, 1.82) is 0 Å². The van der Waals surface area contributed by atoms with Crippen molar-refractivity contribution in [3.63, 3.8) is 0 Å². The van der Waals surface area contributed by atoms with Crippen LogP contribution in [0.5, 0.6) is 0 Å². The fourth-order valence-corrected chi connectivity index (χ4v) is 1.92. The van der Waals surface area contributed by atoms with Gasteiger partial charge in [0.25, 0.3) is 0 Å². The van der Waals surface area contributed by atoms with Gasteiger partial charge in [-0.2, -0.15) is 13.2 Å². The number of alkyl halides is 3. The van der Waals surface area contributed by atoms with E-state index in [1.54, 1.807) is 0 Å². The van der Waals surface area contributed by atoms with Gasteiger partial charge in [0, 0.05) is 18.5 Å². The quantitative estimate of drug-likeness (QED) is 0.718. The molecule has 1 aliphatic rings. The van der Waals surface area contributed by atoms with Crippen molar-refractivity contribution in [3.05, 3.63) is 0 Å². The van der Waals surface area contributed by atoms with Gasteiger partial charge in [0.15, 0.2) is 0 Å². The second-order valence-electron chi connectivity index (χ2n) is 4.28. The van der Waals surface area contributed by atoms with Gasteiger partial charge < -0.3 is 11.1 Å². The Morgan fingerprint density at radius 1 is 1.13 bits per heavy atom. The van der Waals surface area contributed by atoms with Gasteiger partial charge >= 0.3 is 6.18 Å². The average Bonchev–Trinajstić information content (AvgIpc) is 2.14. The first kappa shape index (κ1) is 12.8. The van der Waals surface area contributed by atoms with Crippen molar-refractivity contribution in [3.8, 4) is 0 Å². The van der Waals surface area contributed by atoms with Crippen molar-refractivity contribution in [2.24, 2.45) is 5.73 Å². The van der Waals surface area contributed by atoms with E-state index in [-0.39, 0.29) is 6.42 Å². The Balaban J connectivity index is 2.01. The molecule has 0 amide bonds. The van der Waals surface area contributed by atoms with Crippen molar-refractivity contribution in [2.75, 3.05) is 6.54 Å². The number of nitrogens with one attached hydrogen (secondary N) is 1. The fraction of sp³-hybridized carbons (Fsp3) is 1.00. The van der Waals surface area contributed by atoms with Crippen molar-refractivity contribution < 1.29 is 13.2 Å². The Morgan fingerprint density at radius 3 is 2.27 bits per heavy atom. The third-order valence-electron chi connectivity index (χ3n) is 2.84. The normalized spacial score (nSPS) is 28.0. The van der Waals surface area contributed by atoms with Gasteiger partial charge in [-0.1, -0.05) is 0 Å². The van der Waals surface area contributed by atoms with E-state index in [4.69, 9.17) is 5.73 Å². The minimum absolute atomic E-state index is 0.173. The number of halogens is 3. The average molecular weight is 224 g/mol. The molecule has 1 fully saturated rings. The van der Waals surface area contributed by atoms with Crippen LogP contribution in [0.15, 0.2) is 0 Å². The van der Waals surface area contributed by atoms with Gasteiger partial charge in [0.1, 0.15) is 0 Å². The SMILES string of the molecule is NC1CCC(NCCCC(F)(F)F)CC1. The molecule has 0 aromatic carbocycles. The van der Waals surface area contributed by atoms with E-state index in [1.807, 2.05) is 0 Å². The second kappa shape index (κ2) is 5.70. The smallest absolute Gasteiger partial charge is 0.328 e. The van der Waals surface area contributed by atoms with Gasteiger partial charge in [-0.25, -0.2) is 0 Å². The van der Waals surface area contributed by atoms with Crippen LogP contribution in [-0.2, 0) is 0 Å². The highest BCUT2D eigenvalue weighted by Gasteiger charge is 2.26. The van der Waals surface area contributed by atoms with Crippen LogP contribution >= 0.6 is 0 Å². The molecule has 90 valence electrons. The van der Waals surface area contributed by atoms with E-state index in [9.17, 15) is 13.2 Å². The lowest BCUT2D eigenvalue weighted by Gasteiger charge is -2.26. The maximum atomic E-state index is 11.8. The largest absolute Gasteiger partial charge is 0.389 e. The number of hydrogen-bond acceptors (Lipinski definition) is 2. The maximum absolute atomic E-state index is 11.8. The lowest BCUT2D eigenvalue weighted by atomic mass is 9.92. The third kappa shape index (κ3) is 5.99. The minimum Gasteiger partial charge on any atom is -0.328 e. The van der Waals surface area contributed by atoms with Gasteiger partial charge in [-0.05, 0) is 38.6 Å². The van der Waals surface area contributed by atoms with E-state index in [1.165, 1.54) is 0 Å². The summed E-state index contributed by atoms with van der Waals surface area (Å²) in [5, 5.41) is 3.16. The summed E-state index contributed by atoms with van der Waals surface area (Å²) in [6.07, 6.45) is -0.580. The maximum Gasteiger partial charge on any atom is 0.389 e. The number of rotatable bonds is 4. The molecule has 0 aromatic heterocycles. The minimum atomic E-state index is -4.02. The molecule has 0 atom stereocenters. The molecule has 0 unspecified atom stereocenters. The highest BCUT2D eigenvalue weighted by Crippen LogP contribution is 2.21.